The van der Waals surface area contributed by atoms with Crippen molar-refractivity contribution < 1.29 is 31.6 Å². The van der Waals surface area contributed by atoms with Gasteiger partial charge in [0.2, 0.25) is 0 Å². The summed E-state index contributed by atoms with van der Waals surface area (Å²) in [5.74, 6) is -1.39. The van der Waals surface area contributed by atoms with Gasteiger partial charge in [-0.2, -0.15) is 17.6 Å². The predicted octanol–water partition coefficient (Wildman–Crippen LogP) is 5.62. The van der Waals surface area contributed by atoms with E-state index in [1.165, 1.54) is 36.8 Å². The van der Waals surface area contributed by atoms with Gasteiger partial charge >= 0.3 is 12.9 Å². The van der Waals surface area contributed by atoms with Crippen LogP contribution in [-0.4, -0.2) is 64.8 Å². The number of rotatable bonds is 12. The van der Waals surface area contributed by atoms with Crippen molar-refractivity contribution >= 4 is 11.7 Å². The molecule has 0 bridgehead atoms. The third kappa shape index (κ3) is 8.27. The molecule has 264 valence electrons. The van der Waals surface area contributed by atoms with Gasteiger partial charge in [-0.3, -0.25) is 19.6 Å². The van der Waals surface area contributed by atoms with Gasteiger partial charge in [-0.15, -0.1) is 10.2 Å². The first-order valence-electron chi connectivity index (χ1n) is 16.3. The number of nitrogens with zero attached hydrogens (tertiary/aromatic N) is 8. The number of halogens is 4. The molecule has 7 rings (SSSR count). The minimum atomic E-state index is -3.15. The van der Waals surface area contributed by atoms with Crippen LogP contribution in [0.15, 0.2) is 78.3 Å². The van der Waals surface area contributed by atoms with Gasteiger partial charge in [0.15, 0.2) is 5.78 Å². The highest BCUT2D eigenvalue weighted by Gasteiger charge is 2.40. The molecule has 1 amide bonds. The fraction of sp³-hybridized carbons (Fsp3) is 0.371. The molecule has 12 nitrogen and oxygen atoms in total. The minimum absolute atomic E-state index is 0.00698. The Labute approximate surface area is 289 Å². The molecule has 0 saturated heterocycles. The molecule has 0 aromatic carbocycles. The molecule has 5 aromatic heterocycles. The lowest BCUT2D eigenvalue weighted by atomic mass is 9.63. The maximum Gasteiger partial charge on any atom is 0.315 e. The lowest BCUT2D eigenvalue weighted by molar-refractivity contribution is -0.131. The molecule has 5 aromatic rings. The normalized spacial score (nSPS) is 15.6. The van der Waals surface area contributed by atoms with E-state index < -0.39 is 37.0 Å². The van der Waals surface area contributed by atoms with E-state index >= 15 is 0 Å². The molecular formula is C35H33F4N9O3. The molecule has 0 radical (unpaired) electrons. The van der Waals surface area contributed by atoms with Crippen molar-refractivity contribution in [3.63, 3.8) is 0 Å². The van der Waals surface area contributed by atoms with Crippen LogP contribution in [0.2, 0.25) is 0 Å². The van der Waals surface area contributed by atoms with Crippen LogP contribution in [0.3, 0.4) is 0 Å². The number of hydrogen-bond acceptors (Lipinski definition) is 11. The smallest absolute Gasteiger partial charge is 0.315 e. The Morgan fingerprint density at radius 1 is 0.745 bits per heavy atom. The Morgan fingerprint density at radius 2 is 1.27 bits per heavy atom. The second-order valence-corrected chi connectivity index (χ2v) is 12.6. The average Bonchev–Trinajstić information content (AvgIpc) is 3.63. The standard InChI is InChI=1S/C18H18F2N4O2.C17H15F2N5O/c19-16(20)17(26)24-11-14(25)12-8-22-15(23-9-12)7-18(4-2-5-18)13-3-1-6-21-10-13;18-14(19)16-24-23-15(25-16)11-8-21-13(22-9-11)7-17(4-2-5-17)12-3-1-6-20-10-12/h1,3,6,8-10,16H,2,4-5,7,11H2,(H,24,26);1,3,6,8-10,14H,2,4-5,7H2. The van der Waals surface area contributed by atoms with Gasteiger partial charge in [0, 0.05) is 73.2 Å². The average molecular weight is 704 g/mol. The number of amides is 1. The van der Waals surface area contributed by atoms with E-state index in [2.05, 4.69) is 52.2 Å². The molecule has 0 aliphatic heterocycles. The van der Waals surface area contributed by atoms with Crippen molar-refractivity contribution in [2.24, 2.45) is 0 Å². The zero-order valence-electron chi connectivity index (χ0n) is 27.3. The van der Waals surface area contributed by atoms with E-state index in [4.69, 9.17) is 4.42 Å². The number of ketones is 1. The van der Waals surface area contributed by atoms with Crippen LogP contribution >= 0.6 is 0 Å². The van der Waals surface area contributed by atoms with E-state index in [-0.39, 0.29) is 22.3 Å². The monoisotopic (exact) mass is 703 g/mol. The van der Waals surface area contributed by atoms with Gasteiger partial charge in [-0.05, 0) is 48.9 Å². The maximum atomic E-state index is 12.5. The van der Waals surface area contributed by atoms with Crippen molar-refractivity contribution in [1.29, 1.82) is 0 Å². The van der Waals surface area contributed by atoms with Crippen molar-refractivity contribution in [1.82, 2.24) is 45.4 Å². The maximum absolute atomic E-state index is 12.5. The number of carbonyl (C=O) groups is 2. The van der Waals surface area contributed by atoms with Gasteiger partial charge in [-0.25, -0.2) is 19.9 Å². The SMILES string of the molecule is FC(F)c1nnc(-c2cnc(CC3(c4cccnc4)CCC3)nc2)o1.O=C(CNC(=O)C(F)F)c1cnc(CC2(c3cccnc3)CCC2)nc1. The van der Waals surface area contributed by atoms with Crippen LogP contribution in [-0.2, 0) is 28.5 Å². The molecule has 2 aliphatic carbocycles. The number of alkyl halides is 4. The van der Waals surface area contributed by atoms with Gasteiger partial charge in [0.25, 0.3) is 17.7 Å². The molecule has 2 saturated carbocycles. The zero-order chi connectivity index (χ0) is 35.8. The highest BCUT2D eigenvalue weighted by Crippen LogP contribution is 2.46. The number of pyridine rings is 2. The number of Topliss-reactive ketones (excluding diaryl/α,β-unsaturated/α-hetero) is 1. The number of aromatic nitrogens is 8. The summed E-state index contributed by atoms with van der Waals surface area (Å²) in [5, 5.41) is 8.78. The molecule has 16 heteroatoms. The van der Waals surface area contributed by atoms with Gasteiger partial charge in [0.1, 0.15) is 11.6 Å². The van der Waals surface area contributed by atoms with E-state index in [0.29, 0.717) is 30.1 Å². The second-order valence-electron chi connectivity index (χ2n) is 12.6. The summed E-state index contributed by atoms with van der Waals surface area (Å²) >= 11 is 0. The zero-order valence-corrected chi connectivity index (χ0v) is 27.3. The molecule has 1 N–H and O–H groups in total. The Kier molecular flexibility index (Phi) is 10.8. The van der Waals surface area contributed by atoms with Crippen molar-refractivity contribution in [2.45, 2.75) is 75.0 Å². The van der Waals surface area contributed by atoms with Crippen molar-refractivity contribution in [3.8, 4) is 11.5 Å². The quantitative estimate of drug-likeness (QED) is 0.127. The molecule has 0 spiro atoms. The first-order chi connectivity index (χ1) is 24.7. The highest BCUT2D eigenvalue weighted by atomic mass is 19.3. The lowest BCUT2D eigenvalue weighted by Gasteiger charge is -2.41. The summed E-state index contributed by atoms with van der Waals surface area (Å²) < 4.78 is 54.2. The van der Waals surface area contributed by atoms with E-state index in [9.17, 15) is 27.2 Å². The summed E-state index contributed by atoms with van der Waals surface area (Å²) in [6.45, 7) is -0.508. The molecule has 2 fully saturated rings. The first kappa shape index (κ1) is 35.3. The minimum Gasteiger partial charge on any atom is -0.415 e. The third-order valence-electron chi connectivity index (χ3n) is 9.39. The fourth-order valence-electron chi connectivity index (χ4n) is 6.23. The lowest BCUT2D eigenvalue weighted by Crippen LogP contribution is -2.37. The third-order valence-corrected chi connectivity index (χ3v) is 9.39. The molecular weight excluding hydrogens is 670 g/mol. The topological polar surface area (TPSA) is 162 Å². The molecule has 51 heavy (non-hydrogen) atoms. The van der Waals surface area contributed by atoms with Crippen LogP contribution in [0.25, 0.3) is 11.5 Å². The number of carbonyl (C=O) groups excluding carboxylic acids is 2. The summed E-state index contributed by atoms with van der Waals surface area (Å²) in [6, 6.07) is 7.99. The van der Waals surface area contributed by atoms with E-state index in [1.807, 2.05) is 29.8 Å². The fourth-order valence-corrected chi connectivity index (χ4v) is 6.23. The molecule has 2 aliphatic rings. The Hall–Kier alpha value is -5.54. The highest BCUT2D eigenvalue weighted by molar-refractivity contribution is 5.99. The van der Waals surface area contributed by atoms with E-state index in [1.54, 1.807) is 12.4 Å². The largest absolute Gasteiger partial charge is 0.415 e. The van der Waals surface area contributed by atoms with Gasteiger partial charge in [0.05, 0.1) is 17.7 Å². The van der Waals surface area contributed by atoms with Crippen LogP contribution in [0, 0.1) is 0 Å². The summed E-state index contributed by atoms with van der Waals surface area (Å²) in [7, 11) is 0. The van der Waals surface area contributed by atoms with Crippen LogP contribution in [0.5, 0.6) is 0 Å². The van der Waals surface area contributed by atoms with Crippen molar-refractivity contribution in [2.75, 3.05) is 6.54 Å². The van der Waals surface area contributed by atoms with Crippen molar-refractivity contribution in [3.05, 3.63) is 108 Å². The summed E-state index contributed by atoms with van der Waals surface area (Å²) in [4.78, 5) is 48.3. The van der Waals surface area contributed by atoms with Crippen LogP contribution in [0.4, 0.5) is 17.6 Å². The molecule has 0 unspecified atom stereocenters. The Balaban J connectivity index is 0.000000176. The Bertz CT molecular complexity index is 1900. The predicted molar refractivity (Wildman–Crippen MR) is 173 cm³/mol. The van der Waals surface area contributed by atoms with E-state index in [0.717, 1.165) is 37.7 Å². The first-order valence-corrected chi connectivity index (χ1v) is 16.3. The summed E-state index contributed by atoms with van der Waals surface area (Å²) in [5.41, 5.74) is 2.96. The number of hydrogen-bond donors (Lipinski definition) is 1. The molecule has 0 atom stereocenters. The van der Waals surface area contributed by atoms with Gasteiger partial charge in [-0.1, -0.05) is 25.0 Å². The summed E-state index contributed by atoms with van der Waals surface area (Å²) in [6.07, 6.45) is 15.0. The molecule has 5 heterocycles. The van der Waals surface area contributed by atoms with Gasteiger partial charge < -0.3 is 9.73 Å². The second kappa shape index (κ2) is 15.6. The number of nitrogens with one attached hydrogen (secondary N) is 1. The van der Waals surface area contributed by atoms with Crippen LogP contribution < -0.4 is 5.32 Å². The van der Waals surface area contributed by atoms with Crippen LogP contribution in [0.1, 0.15) is 84.0 Å². The Morgan fingerprint density at radius 3 is 1.69 bits per heavy atom.